The summed E-state index contributed by atoms with van der Waals surface area (Å²) >= 11 is 0. The number of carbonyl (C=O) groups is 1. The second-order valence-electron chi connectivity index (χ2n) is 6.77. The van der Waals surface area contributed by atoms with E-state index in [9.17, 15) is 4.79 Å². The molecule has 112 valence electrons. The van der Waals surface area contributed by atoms with Gasteiger partial charge in [0, 0.05) is 25.0 Å². The van der Waals surface area contributed by atoms with Gasteiger partial charge in [0.05, 0.1) is 6.10 Å². The van der Waals surface area contributed by atoms with Gasteiger partial charge < -0.3 is 15.8 Å². The molecule has 3 N–H and O–H groups in total. The molecule has 3 atom stereocenters. The molecule has 1 aliphatic carbocycles. The van der Waals surface area contributed by atoms with E-state index in [2.05, 4.69) is 26.1 Å². The van der Waals surface area contributed by atoms with Crippen molar-refractivity contribution in [3.8, 4) is 0 Å². The van der Waals surface area contributed by atoms with Gasteiger partial charge in [-0.1, -0.05) is 34.6 Å². The summed E-state index contributed by atoms with van der Waals surface area (Å²) in [4.78, 5) is 12.3. The summed E-state index contributed by atoms with van der Waals surface area (Å²) in [6.07, 6.45) is 0.686. The first-order valence-electron chi connectivity index (χ1n) is 7.35. The van der Waals surface area contributed by atoms with Crippen LogP contribution in [0.1, 0.15) is 48.0 Å². The fraction of sp³-hybridized carbons (Fsp3) is 0.933. The van der Waals surface area contributed by atoms with E-state index in [4.69, 9.17) is 10.5 Å². The van der Waals surface area contributed by atoms with E-state index in [0.29, 0.717) is 31.4 Å². The number of nitrogens with one attached hydrogen (secondary N) is 1. The Labute approximate surface area is 117 Å². The summed E-state index contributed by atoms with van der Waals surface area (Å²) in [5.41, 5.74) is 5.20. The van der Waals surface area contributed by atoms with Gasteiger partial charge in [0.2, 0.25) is 5.91 Å². The molecule has 1 fully saturated rings. The normalized spacial score (nSPS) is 30.8. The molecule has 0 aromatic heterocycles. The van der Waals surface area contributed by atoms with Gasteiger partial charge in [-0.15, -0.1) is 0 Å². The Bertz CT molecular complexity index is 328. The summed E-state index contributed by atoms with van der Waals surface area (Å²) in [6.45, 7) is 13.8. The van der Waals surface area contributed by atoms with Crippen LogP contribution in [0.3, 0.4) is 0 Å². The summed E-state index contributed by atoms with van der Waals surface area (Å²) in [5, 5.41) is 3.01. The first-order valence-corrected chi connectivity index (χ1v) is 7.35. The van der Waals surface area contributed by atoms with E-state index in [0.717, 1.165) is 0 Å². The van der Waals surface area contributed by atoms with Gasteiger partial charge in [-0.2, -0.15) is 0 Å². The van der Waals surface area contributed by atoms with Crippen LogP contribution in [0.4, 0.5) is 0 Å². The quantitative estimate of drug-likeness (QED) is 0.775. The molecule has 0 aromatic rings. The van der Waals surface area contributed by atoms with Crippen LogP contribution >= 0.6 is 0 Å². The Kier molecular flexibility index (Phi) is 5.02. The zero-order valence-corrected chi connectivity index (χ0v) is 13.2. The fourth-order valence-electron chi connectivity index (χ4n) is 2.47. The summed E-state index contributed by atoms with van der Waals surface area (Å²) in [6, 6.07) is 0. The second kappa shape index (κ2) is 5.80. The van der Waals surface area contributed by atoms with E-state index >= 15 is 0 Å². The first kappa shape index (κ1) is 16.4. The monoisotopic (exact) mass is 270 g/mol. The fourth-order valence-corrected chi connectivity index (χ4v) is 2.47. The van der Waals surface area contributed by atoms with Crippen LogP contribution in [0.15, 0.2) is 0 Å². The molecular formula is C15H30N2O2. The van der Waals surface area contributed by atoms with Crippen molar-refractivity contribution in [1.29, 1.82) is 0 Å². The van der Waals surface area contributed by atoms with E-state index in [1.165, 1.54) is 0 Å². The SMILES string of the molecule is CCOC1CC(N)(C(=O)NCC(C)C(C)C)C1(C)C. The molecule has 1 amide bonds. The van der Waals surface area contributed by atoms with Gasteiger partial charge in [0.15, 0.2) is 0 Å². The van der Waals surface area contributed by atoms with Crippen LogP contribution in [0, 0.1) is 17.3 Å². The number of carbonyl (C=O) groups excluding carboxylic acids is 1. The molecule has 0 radical (unpaired) electrons. The zero-order valence-electron chi connectivity index (χ0n) is 13.2. The topological polar surface area (TPSA) is 64.3 Å². The highest BCUT2D eigenvalue weighted by molar-refractivity contribution is 5.88. The first-order chi connectivity index (χ1) is 8.66. The zero-order chi connectivity index (χ0) is 14.8. The second-order valence-corrected chi connectivity index (χ2v) is 6.77. The van der Waals surface area contributed by atoms with Crippen molar-refractivity contribution in [2.45, 2.75) is 59.6 Å². The van der Waals surface area contributed by atoms with Gasteiger partial charge >= 0.3 is 0 Å². The van der Waals surface area contributed by atoms with Crippen molar-refractivity contribution in [3.05, 3.63) is 0 Å². The van der Waals surface area contributed by atoms with Crippen molar-refractivity contribution in [2.75, 3.05) is 13.2 Å². The molecule has 4 nitrogen and oxygen atoms in total. The third-order valence-corrected chi connectivity index (χ3v) is 4.96. The van der Waals surface area contributed by atoms with Crippen LogP contribution in [0.5, 0.6) is 0 Å². The number of ether oxygens (including phenoxy) is 1. The number of rotatable bonds is 6. The van der Waals surface area contributed by atoms with Crippen molar-refractivity contribution in [3.63, 3.8) is 0 Å². The molecule has 0 bridgehead atoms. The maximum Gasteiger partial charge on any atom is 0.240 e. The Hall–Kier alpha value is -0.610. The van der Waals surface area contributed by atoms with Crippen molar-refractivity contribution in [2.24, 2.45) is 23.0 Å². The lowest BCUT2D eigenvalue weighted by Crippen LogP contribution is -2.75. The molecule has 1 aliphatic rings. The van der Waals surface area contributed by atoms with Crippen molar-refractivity contribution >= 4 is 5.91 Å². The molecular weight excluding hydrogens is 240 g/mol. The molecule has 19 heavy (non-hydrogen) atoms. The van der Waals surface area contributed by atoms with Crippen LogP contribution < -0.4 is 11.1 Å². The predicted molar refractivity (Wildman–Crippen MR) is 77.7 cm³/mol. The molecule has 4 heteroatoms. The Morgan fingerprint density at radius 1 is 1.42 bits per heavy atom. The van der Waals surface area contributed by atoms with Gasteiger partial charge in [0.1, 0.15) is 5.54 Å². The molecule has 0 saturated heterocycles. The number of hydrogen-bond donors (Lipinski definition) is 2. The van der Waals surface area contributed by atoms with Crippen LogP contribution in [0.2, 0.25) is 0 Å². The minimum absolute atomic E-state index is 0.0408. The lowest BCUT2D eigenvalue weighted by molar-refractivity contribution is -0.170. The maximum absolute atomic E-state index is 12.3. The largest absolute Gasteiger partial charge is 0.378 e. The third kappa shape index (κ3) is 2.95. The van der Waals surface area contributed by atoms with Crippen molar-refractivity contribution in [1.82, 2.24) is 5.32 Å². The summed E-state index contributed by atoms with van der Waals surface area (Å²) in [7, 11) is 0. The minimum Gasteiger partial charge on any atom is -0.378 e. The molecule has 0 aromatic carbocycles. The smallest absolute Gasteiger partial charge is 0.240 e. The summed E-state index contributed by atoms with van der Waals surface area (Å²) < 4.78 is 5.64. The van der Waals surface area contributed by atoms with Gasteiger partial charge in [-0.3, -0.25) is 4.79 Å². The van der Waals surface area contributed by atoms with E-state index < -0.39 is 5.54 Å². The molecule has 3 unspecified atom stereocenters. The van der Waals surface area contributed by atoms with E-state index in [-0.39, 0.29) is 17.4 Å². The highest BCUT2D eigenvalue weighted by atomic mass is 16.5. The maximum atomic E-state index is 12.3. The van der Waals surface area contributed by atoms with Gasteiger partial charge in [0.25, 0.3) is 0 Å². The Morgan fingerprint density at radius 3 is 2.42 bits per heavy atom. The Morgan fingerprint density at radius 2 is 2.00 bits per heavy atom. The average molecular weight is 270 g/mol. The van der Waals surface area contributed by atoms with E-state index in [1.807, 2.05) is 20.8 Å². The number of amides is 1. The molecule has 0 aliphatic heterocycles. The molecule has 1 saturated carbocycles. The highest BCUT2D eigenvalue weighted by Gasteiger charge is 2.62. The summed E-state index contributed by atoms with van der Waals surface area (Å²) in [5.74, 6) is 0.971. The lowest BCUT2D eigenvalue weighted by Gasteiger charge is -2.57. The number of hydrogen-bond acceptors (Lipinski definition) is 3. The standard InChI is InChI=1S/C15H30N2O2/c1-7-19-12-8-15(16,14(12,5)6)13(18)17-9-11(4)10(2)3/h10-12H,7-9,16H2,1-6H3,(H,17,18). The third-order valence-electron chi connectivity index (χ3n) is 4.96. The minimum atomic E-state index is -0.802. The molecule has 1 rings (SSSR count). The van der Waals surface area contributed by atoms with Crippen LogP contribution in [0.25, 0.3) is 0 Å². The van der Waals surface area contributed by atoms with Gasteiger partial charge in [-0.25, -0.2) is 0 Å². The highest BCUT2D eigenvalue weighted by Crippen LogP contribution is 2.49. The molecule has 0 spiro atoms. The van der Waals surface area contributed by atoms with Crippen molar-refractivity contribution < 1.29 is 9.53 Å². The lowest BCUT2D eigenvalue weighted by atomic mass is 9.54. The van der Waals surface area contributed by atoms with Crippen LogP contribution in [-0.2, 0) is 9.53 Å². The number of nitrogens with two attached hydrogens (primary N) is 1. The predicted octanol–water partition coefficient (Wildman–Crippen LogP) is 1.93. The van der Waals surface area contributed by atoms with Crippen LogP contribution in [-0.4, -0.2) is 30.7 Å². The van der Waals surface area contributed by atoms with Gasteiger partial charge in [-0.05, 0) is 18.8 Å². The molecule has 0 heterocycles. The Balaban J connectivity index is 2.58. The van der Waals surface area contributed by atoms with E-state index in [1.54, 1.807) is 0 Å². The average Bonchev–Trinajstić information content (AvgIpc) is 2.34.